The van der Waals surface area contributed by atoms with Crippen LogP contribution in [0.5, 0.6) is 0 Å². The molecule has 2 aromatic rings. The van der Waals surface area contributed by atoms with Crippen molar-refractivity contribution in [3.8, 4) is 0 Å². The minimum atomic E-state index is -0.295. The number of carbonyl (C=O) groups excluding carboxylic acids is 2. The van der Waals surface area contributed by atoms with Crippen LogP contribution in [0.2, 0.25) is 0 Å². The van der Waals surface area contributed by atoms with Crippen molar-refractivity contribution in [1.29, 1.82) is 0 Å². The van der Waals surface area contributed by atoms with Gasteiger partial charge in [-0.15, -0.1) is 0 Å². The Balaban J connectivity index is 1.83. The summed E-state index contributed by atoms with van der Waals surface area (Å²) in [4.78, 5) is 23.7. The molecule has 132 valence electrons. The molecule has 0 aliphatic rings. The summed E-state index contributed by atoms with van der Waals surface area (Å²) < 4.78 is 13.5. The topological polar surface area (TPSA) is 58.2 Å². The lowest BCUT2D eigenvalue weighted by Crippen LogP contribution is -2.14. The molecule has 0 radical (unpaired) electrons. The van der Waals surface area contributed by atoms with E-state index in [0.717, 1.165) is 0 Å². The second-order valence-electron chi connectivity index (χ2n) is 6.36. The van der Waals surface area contributed by atoms with Gasteiger partial charge in [0.05, 0.1) is 0 Å². The SMILES string of the molecule is CC(C)CC(=O)Nc1ccc(NC(=O)CCc2ccccc2F)cc1. The molecular weight excluding hydrogens is 319 g/mol. The summed E-state index contributed by atoms with van der Waals surface area (Å²) in [6.45, 7) is 3.97. The highest BCUT2D eigenvalue weighted by atomic mass is 19.1. The first-order valence-electron chi connectivity index (χ1n) is 8.37. The predicted octanol–water partition coefficient (Wildman–Crippen LogP) is 4.38. The normalized spacial score (nSPS) is 10.6. The Hall–Kier alpha value is -2.69. The van der Waals surface area contributed by atoms with Crippen LogP contribution >= 0.6 is 0 Å². The molecule has 0 fully saturated rings. The lowest BCUT2D eigenvalue weighted by molar-refractivity contribution is -0.117. The van der Waals surface area contributed by atoms with Gasteiger partial charge in [0.1, 0.15) is 5.82 Å². The minimum Gasteiger partial charge on any atom is -0.326 e. The molecule has 0 heterocycles. The van der Waals surface area contributed by atoms with E-state index in [0.29, 0.717) is 35.7 Å². The third kappa shape index (κ3) is 6.37. The molecule has 5 heteroatoms. The maximum atomic E-state index is 13.5. The summed E-state index contributed by atoms with van der Waals surface area (Å²) in [6.07, 6.45) is 1.02. The molecule has 0 aromatic heterocycles. The quantitative estimate of drug-likeness (QED) is 0.784. The zero-order chi connectivity index (χ0) is 18.2. The zero-order valence-corrected chi connectivity index (χ0v) is 14.5. The summed E-state index contributed by atoms with van der Waals surface area (Å²) in [5.74, 6) is -0.207. The number of benzene rings is 2. The fourth-order valence-corrected chi connectivity index (χ4v) is 2.39. The maximum Gasteiger partial charge on any atom is 0.224 e. The third-order valence-corrected chi connectivity index (χ3v) is 3.63. The van der Waals surface area contributed by atoms with Crippen molar-refractivity contribution in [2.75, 3.05) is 10.6 Å². The molecule has 0 unspecified atom stereocenters. The van der Waals surface area contributed by atoms with Crippen molar-refractivity contribution in [3.05, 3.63) is 59.9 Å². The van der Waals surface area contributed by atoms with Crippen LogP contribution in [0.15, 0.2) is 48.5 Å². The van der Waals surface area contributed by atoms with Gasteiger partial charge in [-0.25, -0.2) is 4.39 Å². The first-order chi connectivity index (χ1) is 11.9. The first kappa shape index (κ1) is 18.6. The maximum absolute atomic E-state index is 13.5. The second-order valence-corrected chi connectivity index (χ2v) is 6.36. The highest BCUT2D eigenvalue weighted by Gasteiger charge is 2.08. The highest BCUT2D eigenvalue weighted by molar-refractivity contribution is 5.93. The molecule has 0 saturated carbocycles. The Morgan fingerprint density at radius 2 is 1.48 bits per heavy atom. The summed E-state index contributed by atoms with van der Waals surface area (Å²) in [7, 11) is 0. The van der Waals surface area contributed by atoms with Crippen molar-refractivity contribution in [1.82, 2.24) is 0 Å². The number of carbonyl (C=O) groups is 2. The Morgan fingerprint density at radius 1 is 0.920 bits per heavy atom. The Bertz CT molecular complexity index is 727. The van der Waals surface area contributed by atoms with E-state index in [1.54, 1.807) is 42.5 Å². The van der Waals surface area contributed by atoms with Crippen LogP contribution in [0, 0.1) is 11.7 Å². The lowest BCUT2D eigenvalue weighted by Gasteiger charge is -2.09. The number of amides is 2. The molecule has 4 nitrogen and oxygen atoms in total. The van der Waals surface area contributed by atoms with Gasteiger partial charge in [-0.05, 0) is 48.2 Å². The van der Waals surface area contributed by atoms with Crippen molar-refractivity contribution in [2.45, 2.75) is 33.1 Å². The number of hydrogen-bond donors (Lipinski definition) is 2. The van der Waals surface area contributed by atoms with E-state index in [4.69, 9.17) is 0 Å². The molecule has 0 bridgehead atoms. The molecule has 0 aliphatic carbocycles. The van der Waals surface area contributed by atoms with E-state index in [9.17, 15) is 14.0 Å². The number of anilines is 2. The van der Waals surface area contributed by atoms with Gasteiger partial charge in [-0.2, -0.15) is 0 Å². The van der Waals surface area contributed by atoms with E-state index in [1.165, 1.54) is 6.07 Å². The molecule has 0 atom stereocenters. The molecule has 2 aromatic carbocycles. The van der Waals surface area contributed by atoms with Crippen LogP contribution in [0.4, 0.5) is 15.8 Å². The average molecular weight is 342 g/mol. The standard InChI is InChI=1S/C20H23FN2O2/c1-14(2)13-20(25)23-17-10-8-16(9-11-17)22-19(24)12-7-15-5-3-4-6-18(15)21/h3-6,8-11,14H,7,12-13H2,1-2H3,(H,22,24)(H,23,25). The highest BCUT2D eigenvalue weighted by Crippen LogP contribution is 2.15. The van der Waals surface area contributed by atoms with E-state index in [-0.39, 0.29) is 24.1 Å². The van der Waals surface area contributed by atoms with Crippen LogP contribution in [-0.2, 0) is 16.0 Å². The van der Waals surface area contributed by atoms with Gasteiger partial charge < -0.3 is 10.6 Å². The minimum absolute atomic E-state index is 0.0309. The Morgan fingerprint density at radius 3 is 2.04 bits per heavy atom. The zero-order valence-electron chi connectivity index (χ0n) is 14.5. The van der Waals surface area contributed by atoms with Crippen molar-refractivity contribution < 1.29 is 14.0 Å². The molecule has 25 heavy (non-hydrogen) atoms. The third-order valence-electron chi connectivity index (χ3n) is 3.63. The predicted molar refractivity (Wildman–Crippen MR) is 97.9 cm³/mol. The molecule has 2 amide bonds. The lowest BCUT2D eigenvalue weighted by atomic mass is 10.1. The Kier molecular flexibility index (Phi) is 6.69. The smallest absolute Gasteiger partial charge is 0.224 e. The molecule has 2 N–H and O–H groups in total. The molecular formula is C20H23FN2O2. The van der Waals surface area contributed by atoms with Crippen molar-refractivity contribution in [3.63, 3.8) is 0 Å². The molecule has 0 spiro atoms. The van der Waals surface area contributed by atoms with Gasteiger partial charge in [0.25, 0.3) is 0 Å². The van der Waals surface area contributed by atoms with Gasteiger partial charge in [-0.1, -0.05) is 32.0 Å². The number of nitrogens with one attached hydrogen (secondary N) is 2. The summed E-state index contributed by atoms with van der Waals surface area (Å²) in [5.41, 5.74) is 1.86. The van der Waals surface area contributed by atoms with Crippen molar-refractivity contribution >= 4 is 23.2 Å². The number of hydrogen-bond acceptors (Lipinski definition) is 2. The largest absolute Gasteiger partial charge is 0.326 e. The van der Waals surface area contributed by atoms with Crippen molar-refractivity contribution in [2.24, 2.45) is 5.92 Å². The van der Waals surface area contributed by atoms with Crippen LogP contribution in [0.3, 0.4) is 0 Å². The first-order valence-corrected chi connectivity index (χ1v) is 8.37. The average Bonchev–Trinajstić information content (AvgIpc) is 2.55. The molecule has 0 aliphatic heterocycles. The monoisotopic (exact) mass is 342 g/mol. The van der Waals surface area contributed by atoms with Crippen LogP contribution in [0.1, 0.15) is 32.3 Å². The summed E-state index contributed by atoms with van der Waals surface area (Å²) >= 11 is 0. The van der Waals surface area contributed by atoms with E-state index < -0.39 is 0 Å². The van der Waals surface area contributed by atoms with Crippen LogP contribution in [0.25, 0.3) is 0 Å². The number of rotatable bonds is 7. The van der Waals surface area contributed by atoms with Gasteiger partial charge in [0.2, 0.25) is 11.8 Å². The summed E-state index contributed by atoms with van der Waals surface area (Å²) in [6, 6.07) is 13.4. The second kappa shape index (κ2) is 8.97. The van der Waals surface area contributed by atoms with Gasteiger partial charge >= 0.3 is 0 Å². The number of aryl methyl sites for hydroxylation is 1. The van der Waals surface area contributed by atoms with E-state index >= 15 is 0 Å². The van der Waals surface area contributed by atoms with Crippen LogP contribution in [-0.4, -0.2) is 11.8 Å². The molecule has 2 rings (SSSR count). The van der Waals surface area contributed by atoms with Gasteiger partial charge in [0, 0.05) is 24.2 Å². The summed E-state index contributed by atoms with van der Waals surface area (Å²) in [5, 5.41) is 5.58. The van der Waals surface area contributed by atoms with Gasteiger partial charge in [0.15, 0.2) is 0 Å². The van der Waals surface area contributed by atoms with E-state index in [1.807, 2.05) is 13.8 Å². The molecule has 0 saturated heterocycles. The van der Waals surface area contributed by atoms with Gasteiger partial charge in [-0.3, -0.25) is 9.59 Å². The van der Waals surface area contributed by atoms with E-state index in [2.05, 4.69) is 10.6 Å². The fraction of sp³-hybridized carbons (Fsp3) is 0.300. The van der Waals surface area contributed by atoms with Crippen LogP contribution < -0.4 is 10.6 Å². The Labute approximate surface area is 147 Å². The number of halogens is 1. The fourth-order valence-electron chi connectivity index (χ4n) is 2.39.